The Morgan fingerprint density at radius 2 is 1.53 bits per heavy atom. The third-order valence-corrected chi connectivity index (χ3v) is 4.33. The monoisotopic (exact) mass is 409 g/mol. The SMILES string of the molecule is CC(OC(=O)c1ccc(N2C(=O)CCC2=O)cc1)C(=O)NC(=O)Nc1ccccc1. The maximum Gasteiger partial charge on any atom is 0.338 e. The molecule has 0 radical (unpaired) electrons. The molecule has 1 aliphatic rings. The van der Waals surface area contributed by atoms with Crippen LogP contribution < -0.4 is 15.5 Å². The van der Waals surface area contributed by atoms with Gasteiger partial charge in [0.05, 0.1) is 11.3 Å². The van der Waals surface area contributed by atoms with Gasteiger partial charge in [-0.05, 0) is 43.3 Å². The highest BCUT2D eigenvalue weighted by atomic mass is 16.5. The highest BCUT2D eigenvalue weighted by Gasteiger charge is 2.30. The first kappa shape index (κ1) is 20.7. The summed E-state index contributed by atoms with van der Waals surface area (Å²) in [5.41, 5.74) is 0.996. The fourth-order valence-corrected chi connectivity index (χ4v) is 2.79. The number of esters is 1. The first-order chi connectivity index (χ1) is 14.3. The number of hydrogen-bond donors (Lipinski definition) is 2. The smallest absolute Gasteiger partial charge is 0.338 e. The summed E-state index contributed by atoms with van der Waals surface area (Å²) in [6.07, 6.45) is -0.902. The largest absolute Gasteiger partial charge is 0.449 e. The summed E-state index contributed by atoms with van der Waals surface area (Å²) in [6, 6.07) is 13.5. The van der Waals surface area contributed by atoms with Crippen LogP contribution in [-0.4, -0.2) is 35.8 Å². The van der Waals surface area contributed by atoms with Crippen LogP contribution in [0.1, 0.15) is 30.1 Å². The van der Waals surface area contributed by atoms with Crippen molar-refractivity contribution >= 4 is 41.1 Å². The van der Waals surface area contributed by atoms with E-state index in [9.17, 15) is 24.0 Å². The molecular formula is C21H19N3O6. The average molecular weight is 409 g/mol. The Bertz CT molecular complexity index is 972. The van der Waals surface area contributed by atoms with Gasteiger partial charge < -0.3 is 10.1 Å². The molecule has 1 fully saturated rings. The van der Waals surface area contributed by atoms with E-state index >= 15 is 0 Å². The Morgan fingerprint density at radius 3 is 2.13 bits per heavy atom. The number of benzene rings is 2. The number of nitrogens with one attached hydrogen (secondary N) is 2. The Hall–Kier alpha value is -4.01. The Labute approximate surface area is 172 Å². The molecule has 3 rings (SSSR count). The second-order valence-corrected chi connectivity index (χ2v) is 6.53. The molecule has 1 saturated heterocycles. The van der Waals surface area contributed by atoms with Crippen molar-refractivity contribution in [2.75, 3.05) is 10.2 Å². The molecule has 1 atom stereocenters. The zero-order chi connectivity index (χ0) is 21.7. The molecule has 5 amide bonds. The molecule has 1 unspecified atom stereocenters. The Kier molecular flexibility index (Phi) is 6.21. The molecule has 30 heavy (non-hydrogen) atoms. The van der Waals surface area contributed by atoms with Crippen molar-refractivity contribution in [2.24, 2.45) is 0 Å². The number of urea groups is 1. The Morgan fingerprint density at radius 1 is 0.933 bits per heavy atom. The average Bonchev–Trinajstić information content (AvgIpc) is 3.06. The molecule has 0 spiro atoms. The van der Waals surface area contributed by atoms with Crippen LogP contribution in [0.5, 0.6) is 0 Å². The van der Waals surface area contributed by atoms with E-state index in [1.54, 1.807) is 30.3 Å². The lowest BCUT2D eigenvalue weighted by Crippen LogP contribution is -2.41. The molecule has 0 aliphatic carbocycles. The molecular weight excluding hydrogens is 390 g/mol. The van der Waals surface area contributed by atoms with E-state index in [1.165, 1.54) is 31.2 Å². The van der Waals surface area contributed by atoms with Crippen LogP contribution >= 0.6 is 0 Å². The minimum Gasteiger partial charge on any atom is -0.449 e. The van der Waals surface area contributed by atoms with E-state index < -0.39 is 24.0 Å². The van der Waals surface area contributed by atoms with Gasteiger partial charge in [-0.2, -0.15) is 0 Å². The van der Waals surface area contributed by atoms with Crippen LogP contribution in [0.25, 0.3) is 0 Å². The van der Waals surface area contributed by atoms with Crippen LogP contribution in [0.4, 0.5) is 16.2 Å². The van der Waals surface area contributed by atoms with Crippen molar-refractivity contribution < 1.29 is 28.7 Å². The summed E-state index contributed by atoms with van der Waals surface area (Å²) >= 11 is 0. The maximum atomic E-state index is 12.2. The number of rotatable bonds is 5. The molecule has 1 aliphatic heterocycles. The first-order valence-electron chi connectivity index (χ1n) is 9.19. The predicted molar refractivity (Wildman–Crippen MR) is 107 cm³/mol. The van der Waals surface area contributed by atoms with Crippen molar-refractivity contribution in [3.05, 3.63) is 60.2 Å². The first-order valence-corrected chi connectivity index (χ1v) is 9.19. The molecule has 0 aromatic heterocycles. The van der Waals surface area contributed by atoms with Crippen LogP contribution in [0, 0.1) is 0 Å². The van der Waals surface area contributed by atoms with Gasteiger partial charge in [0.1, 0.15) is 0 Å². The minimum atomic E-state index is -1.22. The van der Waals surface area contributed by atoms with Crippen LogP contribution in [0.3, 0.4) is 0 Å². The molecule has 1 heterocycles. The van der Waals surface area contributed by atoms with Crippen molar-refractivity contribution in [3.8, 4) is 0 Å². The lowest BCUT2D eigenvalue weighted by molar-refractivity contribution is -0.128. The quantitative estimate of drug-likeness (QED) is 0.577. The molecule has 2 N–H and O–H groups in total. The number of imide groups is 2. The van der Waals surface area contributed by atoms with Gasteiger partial charge in [-0.3, -0.25) is 24.6 Å². The summed E-state index contributed by atoms with van der Waals surface area (Å²) in [5.74, 6) is -2.17. The van der Waals surface area contributed by atoms with Gasteiger partial charge in [0.15, 0.2) is 6.10 Å². The molecule has 0 saturated carbocycles. The highest BCUT2D eigenvalue weighted by molar-refractivity contribution is 6.19. The minimum absolute atomic E-state index is 0.131. The number of amides is 5. The van der Waals surface area contributed by atoms with E-state index in [1.807, 2.05) is 0 Å². The third kappa shape index (κ3) is 4.88. The zero-order valence-corrected chi connectivity index (χ0v) is 16.1. The molecule has 154 valence electrons. The van der Waals surface area contributed by atoms with E-state index in [0.29, 0.717) is 11.4 Å². The third-order valence-electron chi connectivity index (χ3n) is 4.33. The van der Waals surface area contributed by atoms with Crippen molar-refractivity contribution in [1.82, 2.24) is 5.32 Å². The topological polar surface area (TPSA) is 122 Å². The van der Waals surface area contributed by atoms with Gasteiger partial charge in [0.2, 0.25) is 11.8 Å². The fraction of sp³-hybridized carbons (Fsp3) is 0.190. The predicted octanol–water partition coefficient (Wildman–Crippen LogP) is 2.23. The van der Waals surface area contributed by atoms with Gasteiger partial charge in [0.25, 0.3) is 5.91 Å². The van der Waals surface area contributed by atoms with E-state index in [-0.39, 0.29) is 30.2 Å². The van der Waals surface area contributed by atoms with Gasteiger partial charge in [0, 0.05) is 18.5 Å². The number of carbonyl (C=O) groups excluding carboxylic acids is 5. The van der Waals surface area contributed by atoms with E-state index in [2.05, 4.69) is 10.6 Å². The van der Waals surface area contributed by atoms with Gasteiger partial charge in [-0.15, -0.1) is 0 Å². The van der Waals surface area contributed by atoms with Gasteiger partial charge in [-0.25, -0.2) is 9.59 Å². The van der Waals surface area contributed by atoms with Crippen LogP contribution in [0.15, 0.2) is 54.6 Å². The number of carbonyl (C=O) groups is 5. The summed E-state index contributed by atoms with van der Waals surface area (Å²) in [7, 11) is 0. The van der Waals surface area contributed by atoms with Gasteiger partial charge in [-0.1, -0.05) is 18.2 Å². The fourth-order valence-electron chi connectivity index (χ4n) is 2.79. The summed E-state index contributed by atoms with van der Waals surface area (Å²) < 4.78 is 5.08. The standard InChI is InChI=1S/C21H19N3O6/c1-13(19(27)23-21(29)22-15-5-3-2-4-6-15)30-20(28)14-7-9-16(10-8-14)24-17(25)11-12-18(24)26/h2-10,13H,11-12H2,1H3,(H2,22,23,27,29). The number of anilines is 2. The number of ether oxygens (including phenoxy) is 1. The van der Waals surface area contributed by atoms with Crippen molar-refractivity contribution in [3.63, 3.8) is 0 Å². The molecule has 2 aromatic rings. The maximum absolute atomic E-state index is 12.2. The summed E-state index contributed by atoms with van der Waals surface area (Å²) in [4.78, 5) is 60.8. The molecule has 0 bridgehead atoms. The van der Waals surface area contributed by atoms with E-state index in [4.69, 9.17) is 4.74 Å². The highest BCUT2D eigenvalue weighted by Crippen LogP contribution is 2.23. The van der Waals surface area contributed by atoms with Crippen LogP contribution in [-0.2, 0) is 19.1 Å². The number of hydrogen-bond acceptors (Lipinski definition) is 6. The zero-order valence-electron chi connectivity index (χ0n) is 16.1. The number of nitrogens with zero attached hydrogens (tertiary/aromatic N) is 1. The molecule has 9 nitrogen and oxygen atoms in total. The lowest BCUT2D eigenvalue weighted by atomic mass is 10.2. The second-order valence-electron chi connectivity index (χ2n) is 6.53. The second kappa shape index (κ2) is 8.99. The van der Waals surface area contributed by atoms with Gasteiger partial charge >= 0.3 is 12.0 Å². The lowest BCUT2D eigenvalue weighted by Gasteiger charge is -2.15. The van der Waals surface area contributed by atoms with Crippen LogP contribution in [0.2, 0.25) is 0 Å². The van der Waals surface area contributed by atoms with Crippen molar-refractivity contribution in [1.29, 1.82) is 0 Å². The van der Waals surface area contributed by atoms with E-state index in [0.717, 1.165) is 4.90 Å². The molecule has 9 heteroatoms. The summed E-state index contributed by atoms with van der Waals surface area (Å²) in [6.45, 7) is 1.33. The van der Waals surface area contributed by atoms with Crippen molar-refractivity contribution in [2.45, 2.75) is 25.9 Å². The summed E-state index contributed by atoms with van der Waals surface area (Å²) in [5, 5.41) is 4.57. The Balaban J connectivity index is 1.54. The number of para-hydroxylation sites is 1. The molecule has 2 aromatic carbocycles. The normalized spacial score (nSPS) is 14.2.